The van der Waals surface area contributed by atoms with Gasteiger partial charge in [-0.15, -0.1) is 0 Å². The molecule has 6 rings (SSSR count). The molecule has 0 bridgehead atoms. The number of amides is 2. The van der Waals surface area contributed by atoms with Crippen LogP contribution in [0.2, 0.25) is 5.02 Å². The Morgan fingerprint density at radius 2 is 1.93 bits per heavy atom. The molecule has 11 nitrogen and oxygen atoms in total. The number of anilines is 2. The molecule has 0 radical (unpaired) electrons. The van der Waals surface area contributed by atoms with Gasteiger partial charge in [-0.2, -0.15) is 0 Å². The topological polar surface area (TPSA) is 152 Å². The highest BCUT2D eigenvalue weighted by Crippen LogP contribution is 2.41. The van der Waals surface area contributed by atoms with Gasteiger partial charge >= 0.3 is 0 Å². The Labute approximate surface area is 263 Å². The van der Waals surface area contributed by atoms with Gasteiger partial charge in [0.15, 0.2) is 5.65 Å². The molecule has 0 aliphatic carbocycles. The van der Waals surface area contributed by atoms with Crippen LogP contribution in [0, 0.1) is 5.82 Å². The van der Waals surface area contributed by atoms with E-state index in [9.17, 15) is 22.4 Å². The van der Waals surface area contributed by atoms with Crippen LogP contribution in [0.15, 0.2) is 59.3 Å². The molecule has 14 heteroatoms. The summed E-state index contributed by atoms with van der Waals surface area (Å²) in [6, 6.07) is 10.4. The summed E-state index contributed by atoms with van der Waals surface area (Å²) in [6.07, 6.45) is 4.49. The maximum absolute atomic E-state index is 13.7. The van der Waals surface area contributed by atoms with Crippen LogP contribution >= 0.6 is 11.6 Å². The van der Waals surface area contributed by atoms with Gasteiger partial charge in [0, 0.05) is 55.5 Å². The van der Waals surface area contributed by atoms with Gasteiger partial charge in [-0.05, 0) is 61.7 Å². The second-order valence-electron chi connectivity index (χ2n) is 10.9. The van der Waals surface area contributed by atoms with Gasteiger partial charge in [0.1, 0.15) is 22.9 Å². The predicted molar refractivity (Wildman–Crippen MR) is 171 cm³/mol. The Hall–Kier alpha value is -4.62. The Morgan fingerprint density at radius 1 is 1.18 bits per heavy atom. The molecule has 1 saturated heterocycles. The Balaban J connectivity index is 1.44. The zero-order valence-electron chi connectivity index (χ0n) is 24.4. The molecule has 4 heterocycles. The molecule has 234 valence electrons. The number of pyridine rings is 1. The number of halogens is 2. The number of carbonyl (C=O) groups is 2. The molecule has 1 atom stereocenters. The minimum absolute atomic E-state index is 0.163. The number of imidazole rings is 1. The van der Waals surface area contributed by atoms with E-state index in [0.29, 0.717) is 57.9 Å². The van der Waals surface area contributed by atoms with Gasteiger partial charge in [-0.25, -0.2) is 17.8 Å². The second kappa shape index (κ2) is 11.7. The van der Waals surface area contributed by atoms with E-state index in [-0.39, 0.29) is 46.7 Å². The van der Waals surface area contributed by atoms with E-state index in [2.05, 4.69) is 15.0 Å². The first-order valence-electron chi connectivity index (χ1n) is 14.3. The molecule has 2 amide bonds. The van der Waals surface area contributed by atoms with Crippen LogP contribution < -0.4 is 15.8 Å². The molecule has 4 N–H and O–H groups in total. The SMILES string of the molecule is CCS(=O)(=O)Nc1cc2oc(-c3ccc(F)cc3)c(C(=O)NC)c2cc1[C@H]1CCCN(C(=O)c2cn3cc(Cl)cc(N)c3n2)C1. The summed E-state index contributed by atoms with van der Waals surface area (Å²) < 4.78 is 49.7. The number of furan rings is 1. The zero-order chi connectivity index (χ0) is 32.0. The average Bonchev–Trinajstić information content (AvgIpc) is 3.62. The number of aromatic nitrogens is 2. The third-order valence-corrected chi connectivity index (χ3v) is 9.48. The summed E-state index contributed by atoms with van der Waals surface area (Å²) in [5, 5.41) is 3.50. The lowest BCUT2D eigenvalue weighted by molar-refractivity contribution is 0.0702. The van der Waals surface area contributed by atoms with Crippen LogP contribution in [0.4, 0.5) is 15.8 Å². The van der Waals surface area contributed by atoms with Crippen molar-refractivity contribution in [1.82, 2.24) is 19.6 Å². The van der Waals surface area contributed by atoms with Crippen molar-refractivity contribution >= 4 is 61.4 Å². The highest BCUT2D eigenvalue weighted by Gasteiger charge is 2.31. The fourth-order valence-corrected chi connectivity index (χ4v) is 6.63. The smallest absolute Gasteiger partial charge is 0.274 e. The number of piperidine rings is 1. The summed E-state index contributed by atoms with van der Waals surface area (Å²) >= 11 is 6.12. The standard InChI is InChI=1S/C31H30ClFN6O5S/c1-3-45(42,43)37-24-13-26-22(27(30(40)35-2)28(44-26)17-6-8-20(33)9-7-17)12-21(24)18-5-4-10-38(14-18)31(41)25-16-39-15-19(32)11-23(34)29(39)36-25/h6-9,11-13,15-16,18,37H,3-5,10,14,34H2,1-2H3,(H,35,40)/t18-/m0/s1. The lowest BCUT2D eigenvalue weighted by atomic mass is 9.88. The summed E-state index contributed by atoms with van der Waals surface area (Å²) in [6.45, 7) is 2.27. The lowest BCUT2D eigenvalue weighted by Crippen LogP contribution is -2.39. The predicted octanol–water partition coefficient (Wildman–Crippen LogP) is 5.26. The van der Waals surface area contributed by atoms with Gasteiger partial charge < -0.3 is 24.8 Å². The second-order valence-corrected chi connectivity index (χ2v) is 13.3. The molecule has 0 spiro atoms. The van der Waals surface area contributed by atoms with Gasteiger partial charge in [0.05, 0.1) is 27.7 Å². The van der Waals surface area contributed by atoms with Crippen molar-refractivity contribution in [3.05, 3.63) is 82.5 Å². The van der Waals surface area contributed by atoms with Crippen molar-refractivity contribution in [1.29, 1.82) is 0 Å². The van der Waals surface area contributed by atoms with Crippen molar-refractivity contribution in [3.63, 3.8) is 0 Å². The van der Waals surface area contributed by atoms with E-state index in [1.165, 1.54) is 38.2 Å². The van der Waals surface area contributed by atoms with Crippen LogP contribution in [-0.2, 0) is 10.0 Å². The first-order valence-corrected chi connectivity index (χ1v) is 16.3. The van der Waals surface area contributed by atoms with E-state index < -0.39 is 21.7 Å². The van der Waals surface area contributed by atoms with Crippen molar-refractivity contribution < 1.29 is 26.8 Å². The summed E-state index contributed by atoms with van der Waals surface area (Å²) in [5.74, 6) is -1.40. The number of hydrogen-bond acceptors (Lipinski definition) is 7. The molecule has 1 fully saturated rings. The quantitative estimate of drug-likeness (QED) is 0.217. The number of fused-ring (bicyclic) bond motifs is 2. The molecule has 1 aliphatic heterocycles. The minimum Gasteiger partial charge on any atom is -0.455 e. The van der Waals surface area contributed by atoms with Gasteiger partial charge in [-0.3, -0.25) is 14.3 Å². The Bertz CT molecular complexity index is 2080. The molecular weight excluding hydrogens is 623 g/mol. The van der Waals surface area contributed by atoms with Crippen LogP contribution in [-0.4, -0.2) is 60.4 Å². The molecule has 3 aromatic heterocycles. The number of nitrogen functional groups attached to an aromatic ring is 1. The summed E-state index contributed by atoms with van der Waals surface area (Å²) in [5.41, 5.74) is 8.90. The number of rotatable bonds is 7. The molecule has 0 saturated carbocycles. The maximum Gasteiger partial charge on any atom is 0.274 e. The van der Waals surface area contributed by atoms with Crippen LogP contribution in [0.25, 0.3) is 27.9 Å². The fraction of sp³-hybridized carbons (Fsp3) is 0.258. The molecule has 5 aromatic rings. The Kier molecular flexibility index (Phi) is 7.91. The highest BCUT2D eigenvalue weighted by molar-refractivity contribution is 7.92. The molecule has 45 heavy (non-hydrogen) atoms. The summed E-state index contributed by atoms with van der Waals surface area (Å²) in [4.78, 5) is 32.9. The first kappa shape index (κ1) is 30.4. The number of hydrogen-bond donors (Lipinski definition) is 3. The van der Waals surface area contributed by atoms with E-state index in [0.717, 1.165) is 0 Å². The van der Waals surface area contributed by atoms with Crippen LogP contribution in [0.5, 0.6) is 0 Å². The van der Waals surface area contributed by atoms with Crippen molar-refractivity contribution in [2.45, 2.75) is 25.7 Å². The lowest BCUT2D eigenvalue weighted by Gasteiger charge is -2.33. The van der Waals surface area contributed by atoms with Crippen molar-refractivity contribution in [3.8, 4) is 11.3 Å². The first-order chi connectivity index (χ1) is 21.5. The number of carbonyl (C=O) groups excluding carboxylic acids is 2. The van der Waals surface area contributed by atoms with E-state index in [1.54, 1.807) is 39.9 Å². The number of nitrogens with one attached hydrogen (secondary N) is 2. The highest BCUT2D eigenvalue weighted by atomic mass is 35.5. The molecule has 1 aliphatic rings. The van der Waals surface area contributed by atoms with Crippen molar-refractivity contribution in [2.75, 3.05) is 36.3 Å². The average molecular weight is 653 g/mol. The van der Waals surface area contributed by atoms with Crippen LogP contribution in [0.3, 0.4) is 0 Å². The maximum atomic E-state index is 13.7. The normalized spacial score (nSPS) is 15.5. The van der Waals surface area contributed by atoms with Gasteiger partial charge in [0.25, 0.3) is 11.8 Å². The minimum atomic E-state index is -3.71. The van der Waals surface area contributed by atoms with Gasteiger partial charge in [-0.1, -0.05) is 11.6 Å². The monoisotopic (exact) mass is 652 g/mol. The molecule has 0 unspecified atom stereocenters. The number of nitrogens with zero attached hydrogens (tertiary/aromatic N) is 3. The largest absolute Gasteiger partial charge is 0.455 e. The zero-order valence-corrected chi connectivity index (χ0v) is 26.0. The summed E-state index contributed by atoms with van der Waals surface area (Å²) in [7, 11) is -2.22. The fourth-order valence-electron chi connectivity index (χ4n) is 5.75. The third kappa shape index (κ3) is 5.80. The molecular formula is C31H30ClFN6O5S. The third-order valence-electron chi connectivity index (χ3n) is 7.98. The Morgan fingerprint density at radius 3 is 2.64 bits per heavy atom. The number of benzene rings is 2. The number of nitrogens with two attached hydrogens (primary N) is 1. The van der Waals surface area contributed by atoms with Crippen LogP contribution in [0.1, 0.15) is 52.1 Å². The van der Waals surface area contributed by atoms with E-state index in [4.69, 9.17) is 21.8 Å². The number of sulfonamides is 1. The number of likely N-dealkylation sites (tertiary alicyclic amines) is 1. The van der Waals surface area contributed by atoms with E-state index >= 15 is 0 Å². The van der Waals surface area contributed by atoms with Gasteiger partial charge in [0.2, 0.25) is 10.0 Å². The molecule has 2 aromatic carbocycles. The van der Waals surface area contributed by atoms with E-state index in [1.807, 2.05) is 0 Å². The van der Waals surface area contributed by atoms with Crippen molar-refractivity contribution in [2.24, 2.45) is 0 Å².